The molecule has 1 N–H and O–H groups in total. The monoisotopic (exact) mass is 281 g/mol. The van der Waals surface area contributed by atoms with Crippen LogP contribution in [0.4, 0.5) is 10.1 Å². The van der Waals surface area contributed by atoms with Crippen molar-refractivity contribution in [1.82, 2.24) is 5.32 Å². The van der Waals surface area contributed by atoms with Gasteiger partial charge in [0, 0.05) is 18.2 Å². The molecule has 1 unspecified atom stereocenters. The van der Waals surface area contributed by atoms with Crippen LogP contribution in [0.25, 0.3) is 0 Å². The van der Waals surface area contributed by atoms with Crippen LogP contribution in [0.3, 0.4) is 0 Å². The molecule has 0 saturated heterocycles. The maximum absolute atomic E-state index is 13.1. The molecular formula is C13H16FN3O3. The van der Waals surface area contributed by atoms with E-state index >= 15 is 0 Å². The highest BCUT2D eigenvalue weighted by Gasteiger charge is 2.27. The number of nitrogens with one attached hydrogen (secondary N) is 1. The number of hydrogen-bond acceptors (Lipinski definition) is 5. The van der Waals surface area contributed by atoms with Crippen molar-refractivity contribution in [2.75, 3.05) is 6.61 Å². The van der Waals surface area contributed by atoms with Crippen LogP contribution < -0.4 is 10.1 Å². The van der Waals surface area contributed by atoms with Crippen LogP contribution in [0.5, 0.6) is 5.75 Å². The quantitative estimate of drug-likeness (QED) is 0.639. The first-order valence-corrected chi connectivity index (χ1v) is 6.03. The fourth-order valence-electron chi connectivity index (χ4n) is 1.72. The van der Waals surface area contributed by atoms with Crippen molar-refractivity contribution in [1.29, 1.82) is 5.26 Å². The third-order valence-corrected chi connectivity index (χ3v) is 2.49. The molecule has 0 heterocycles. The molecule has 0 aliphatic carbocycles. The predicted molar refractivity (Wildman–Crippen MR) is 70.8 cm³/mol. The van der Waals surface area contributed by atoms with Crippen LogP contribution in [-0.4, -0.2) is 23.1 Å². The summed E-state index contributed by atoms with van der Waals surface area (Å²) in [6.45, 7) is 5.20. The van der Waals surface area contributed by atoms with E-state index in [2.05, 4.69) is 5.32 Å². The van der Waals surface area contributed by atoms with Gasteiger partial charge in [-0.15, -0.1) is 0 Å². The van der Waals surface area contributed by atoms with Gasteiger partial charge in [0.25, 0.3) is 0 Å². The lowest BCUT2D eigenvalue weighted by molar-refractivity contribution is -0.386. The summed E-state index contributed by atoms with van der Waals surface area (Å²) in [5.41, 5.74) is -1.36. The highest BCUT2D eigenvalue weighted by atomic mass is 19.1. The fourth-order valence-corrected chi connectivity index (χ4v) is 1.72. The predicted octanol–water partition coefficient (Wildman–Crippen LogP) is 2.39. The number of rotatable bonds is 6. The molecule has 0 aromatic heterocycles. The van der Waals surface area contributed by atoms with Crippen molar-refractivity contribution in [2.24, 2.45) is 0 Å². The minimum atomic E-state index is -1.02. The van der Waals surface area contributed by atoms with E-state index in [1.165, 1.54) is 0 Å². The smallest absolute Gasteiger partial charge is 0.311 e. The number of hydrogen-bond donors (Lipinski definition) is 1. The van der Waals surface area contributed by atoms with Crippen molar-refractivity contribution in [3.8, 4) is 11.8 Å². The van der Waals surface area contributed by atoms with Crippen LogP contribution in [0.15, 0.2) is 18.2 Å². The number of benzene rings is 1. The zero-order valence-electron chi connectivity index (χ0n) is 11.5. The van der Waals surface area contributed by atoms with Crippen molar-refractivity contribution in [2.45, 2.75) is 32.4 Å². The number of ether oxygens (including phenoxy) is 1. The van der Waals surface area contributed by atoms with Gasteiger partial charge in [0.05, 0.1) is 11.0 Å². The SMILES string of the molecule is CC(C)NC(C)(C#N)COc1cc(F)ccc1[N+](=O)[O-]. The normalized spacial score (nSPS) is 13.6. The summed E-state index contributed by atoms with van der Waals surface area (Å²) in [7, 11) is 0. The van der Waals surface area contributed by atoms with Crippen molar-refractivity contribution in [3.05, 3.63) is 34.1 Å². The Morgan fingerprint density at radius 1 is 1.60 bits per heavy atom. The Balaban J connectivity index is 2.91. The Hall–Kier alpha value is -2.20. The largest absolute Gasteiger partial charge is 0.484 e. The minimum absolute atomic E-state index is 0.0331. The summed E-state index contributed by atoms with van der Waals surface area (Å²) in [6.07, 6.45) is 0. The molecule has 20 heavy (non-hydrogen) atoms. The first kappa shape index (κ1) is 15.9. The third kappa shape index (κ3) is 4.17. The molecule has 108 valence electrons. The summed E-state index contributed by atoms with van der Waals surface area (Å²) >= 11 is 0. The fraction of sp³-hybridized carbons (Fsp3) is 0.462. The number of nitrogens with zero attached hydrogens (tertiary/aromatic N) is 2. The third-order valence-electron chi connectivity index (χ3n) is 2.49. The topological polar surface area (TPSA) is 88.2 Å². The van der Waals surface area contributed by atoms with Crippen molar-refractivity contribution < 1.29 is 14.1 Å². The standard InChI is InChI=1S/C13H16FN3O3/c1-9(2)16-13(3,7-15)8-20-12-6-10(14)4-5-11(12)17(18)19/h4-6,9,16H,8H2,1-3H3. The summed E-state index contributed by atoms with van der Waals surface area (Å²) in [4.78, 5) is 10.2. The van der Waals surface area contributed by atoms with E-state index in [9.17, 15) is 14.5 Å². The van der Waals surface area contributed by atoms with Crippen molar-refractivity contribution >= 4 is 5.69 Å². The lowest BCUT2D eigenvalue weighted by Gasteiger charge is -2.25. The molecule has 0 radical (unpaired) electrons. The molecule has 0 aliphatic heterocycles. The average molecular weight is 281 g/mol. The zero-order valence-corrected chi connectivity index (χ0v) is 11.5. The molecule has 1 rings (SSSR count). The van der Waals surface area contributed by atoms with Crippen molar-refractivity contribution in [3.63, 3.8) is 0 Å². The molecule has 1 aromatic rings. The number of nitriles is 1. The van der Waals surface area contributed by atoms with Gasteiger partial charge < -0.3 is 4.74 Å². The molecule has 0 spiro atoms. The highest BCUT2D eigenvalue weighted by Crippen LogP contribution is 2.28. The van der Waals surface area contributed by atoms with Gasteiger partial charge in [0.1, 0.15) is 18.0 Å². The molecular weight excluding hydrogens is 265 g/mol. The second kappa shape index (κ2) is 6.30. The summed E-state index contributed by atoms with van der Waals surface area (Å²) in [5.74, 6) is -0.830. The highest BCUT2D eigenvalue weighted by molar-refractivity contribution is 5.46. The van der Waals surface area contributed by atoms with Gasteiger partial charge in [-0.3, -0.25) is 15.4 Å². The second-order valence-corrected chi connectivity index (χ2v) is 4.90. The molecule has 0 bridgehead atoms. The van der Waals surface area contributed by atoms with E-state index in [0.717, 1.165) is 18.2 Å². The maximum atomic E-state index is 13.1. The first-order chi connectivity index (χ1) is 9.27. The molecule has 1 aromatic carbocycles. The Bertz CT molecular complexity index is 542. The second-order valence-electron chi connectivity index (χ2n) is 4.90. The average Bonchev–Trinajstić information content (AvgIpc) is 2.35. The molecule has 0 amide bonds. The van der Waals surface area contributed by atoms with Gasteiger partial charge in [-0.1, -0.05) is 0 Å². The van der Waals surface area contributed by atoms with E-state index in [1.807, 2.05) is 19.9 Å². The Labute approximate surface area is 116 Å². The maximum Gasteiger partial charge on any atom is 0.311 e. The van der Waals surface area contributed by atoms with Crippen LogP contribution in [0.1, 0.15) is 20.8 Å². The summed E-state index contributed by atoms with van der Waals surface area (Å²) < 4.78 is 18.4. The minimum Gasteiger partial charge on any atom is -0.484 e. The van der Waals surface area contributed by atoms with E-state index in [4.69, 9.17) is 10.00 Å². The van der Waals surface area contributed by atoms with Gasteiger partial charge in [0.15, 0.2) is 5.75 Å². The lowest BCUT2D eigenvalue weighted by atomic mass is 10.1. The number of nitro groups is 1. The molecule has 0 saturated carbocycles. The van der Waals surface area contributed by atoms with Gasteiger partial charge >= 0.3 is 5.69 Å². The van der Waals surface area contributed by atoms with E-state index < -0.39 is 16.3 Å². The van der Waals surface area contributed by atoms with Gasteiger partial charge in [-0.25, -0.2) is 4.39 Å². The van der Waals surface area contributed by atoms with Crippen LogP contribution in [-0.2, 0) is 0 Å². The summed E-state index contributed by atoms with van der Waals surface area (Å²) in [6, 6.07) is 5.03. The van der Waals surface area contributed by atoms with Crippen LogP contribution in [0.2, 0.25) is 0 Å². The molecule has 7 heteroatoms. The molecule has 6 nitrogen and oxygen atoms in total. The van der Waals surface area contributed by atoms with Crippen LogP contribution in [0, 0.1) is 27.3 Å². The van der Waals surface area contributed by atoms with Gasteiger partial charge in [-0.05, 0) is 26.8 Å². The van der Waals surface area contributed by atoms with E-state index in [-0.39, 0.29) is 24.1 Å². The lowest BCUT2D eigenvalue weighted by Crippen LogP contribution is -2.49. The Kier molecular flexibility index (Phi) is 5.00. The van der Waals surface area contributed by atoms with Crippen LogP contribution >= 0.6 is 0 Å². The Morgan fingerprint density at radius 3 is 2.75 bits per heavy atom. The molecule has 1 atom stereocenters. The van der Waals surface area contributed by atoms with Gasteiger partial charge in [-0.2, -0.15) is 5.26 Å². The number of halogens is 1. The number of nitro benzene ring substituents is 1. The van der Waals surface area contributed by atoms with E-state index in [0.29, 0.717) is 0 Å². The molecule has 0 aliphatic rings. The van der Waals surface area contributed by atoms with E-state index in [1.54, 1.807) is 6.92 Å². The summed E-state index contributed by atoms with van der Waals surface area (Å²) in [5, 5.41) is 23.0. The first-order valence-electron chi connectivity index (χ1n) is 6.03. The Morgan fingerprint density at radius 2 is 2.25 bits per heavy atom. The molecule has 0 fully saturated rings. The zero-order chi connectivity index (χ0) is 15.3. The van der Waals surface area contributed by atoms with Gasteiger partial charge in [0.2, 0.25) is 0 Å².